The number of carbonyl (C=O) groups excluding carboxylic acids is 1. The van der Waals surface area contributed by atoms with Gasteiger partial charge in [0.2, 0.25) is 5.91 Å². The topological polar surface area (TPSA) is 116 Å². The number of benzene rings is 2. The molecule has 0 aliphatic heterocycles. The molecule has 0 saturated carbocycles. The number of amides is 1. The van der Waals surface area contributed by atoms with E-state index >= 15 is 0 Å². The zero-order chi connectivity index (χ0) is 21.7. The third-order valence-corrected chi connectivity index (χ3v) is 5.28. The van der Waals surface area contributed by atoms with Gasteiger partial charge < -0.3 is 10.1 Å². The Morgan fingerprint density at radius 2 is 1.93 bits per heavy atom. The molecule has 3 aromatic rings. The second-order valence-electron chi connectivity index (χ2n) is 6.55. The third-order valence-electron chi connectivity index (χ3n) is 4.15. The summed E-state index contributed by atoms with van der Waals surface area (Å²) in [6.07, 6.45) is 1.77. The van der Waals surface area contributed by atoms with Crippen LogP contribution in [0.2, 0.25) is 0 Å². The Bertz CT molecular complexity index is 1150. The lowest BCUT2D eigenvalue weighted by Gasteiger charge is -2.09. The summed E-state index contributed by atoms with van der Waals surface area (Å²) in [5.41, 5.74) is 0.555. The van der Waals surface area contributed by atoms with Crippen molar-refractivity contribution < 1.29 is 22.3 Å². The van der Waals surface area contributed by atoms with Crippen molar-refractivity contribution in [2.24, 2.45) is 0 Å². The fourth-order valence-electron chi connectivity index (χ4n) is 2.64. The van der Waals surface area contributed by atoms with E-state index in [4.69, 9.17) is 4.74 Å². The van der Waals surface area contributed by atoms with E-state index in [1.807, 2.05) is 0 Å². The minimum Gasteiger partial charge on any atom is -0.494 e. The summed E-state index contributed by atoms with van der Waals surface area (Å²) in [5.74, 6) is 0.164. The molecular formula is C19H20FN5O4S. The first kappa shape index (κ1) is 21.4. The van der Waals surface area contributed by atoms with E-state index < -0.39 is 15.7 Å². The van der Waals surface area contributed by atoms with Gasteiger partial charge in [-0.3, -0.25) is 4.79 Å². The highest BCUT2D eigenvalue weighted by molar-refractivity contribution is 7.90. The van der Waals surface area contributed by atoms with E-state index in [0.29, 0.717) is 23.7 Å². The first-order valence-corrected chi connectivity index (χ1v) is 10.9. The summed E-state index contributed by atoms with van der Waals surface area (Å²) in [4.78, 5) is 12.4. The second-order valence-corrected chi connectivity index (χ2v) is 8.56. The molecule has 1 amide bonds. The maximum atomic E-state index is 14.1. The SMILES string of the molecule is Cc1nnnn1-c1cc(NC(=O)CCCOc2ccc(S(C)(=O)=O)cc2)ccc1F. The highest BCUT2D eigenvalue weighted by atomic mass is 32.2. The number of aromatic nitrogens is 4. The summed E-state index contributed by atoms with van der Waals surface area (Å²) in [6.45, 7) is 1.92. The molecule has 0 fully saturated rings. The highest BCUT2D eigenvalue weighted by Crippen LogP contribution is 2.19. The lowest BCUT2D eigenvalue weighted by Crippen LogP contribution is -2.13. The molecule has 0 atom stereocenters. The van der Waals surface area contributed by atoms with Crippen molar-refractivity contribution in [3.63, 3.8) is 0 Å². The molecule has 1 N–H and O–H groups in total. The normalized spacial score (nSPS) is 11.3. The Kier molecular flexibility index (Phi) is 6.40. The number of ether oxygens (including phenoxy) is 1. The number of tetrazole rings is 1. The van der Waals surface area contributed by atoms with E-state index in [0.717, 1.165) is 6.26 Å². The van der Waals surface area contributed by atoms with Crippen LogP contribution in [0.4, 0.5) is 10.1 Å². The van der Waals surface area contributed by atoms with Crippen LogP contribution >= 0.6 is 0 Å². The zero-order valence-electron chi connectivity index (χ0n) is 16.4. The van der Waals surface area contributed by atoms with Gasteiger partial charge in [0.15, 0.2) is 15.7 Å². The third kappa shape index (κ3) is 5.38. The Balaban J connectivity index is 1.50. The summed E-state index contributed by atoms with van der Waals surface area (Å²) >= 11 is 0. The van der Waals surface area contributed by atoms with Crippen molar-refractivity contribution in [2.45, 2.75) is 24.7 Å². The zero-order valence-corrected chi connectivity index (χ0v) is 17.2. The molecule has 0 aliphatic carbocycles. The molecular weight excluding hydrogens is 413 g/mol. The first-order valence-electron chi connectivity index (χ1n) is 9.02. The predicted molar refractivity (Wildman–Crippen MR) is 107 cm³/mol. The van der Waals surface area contributed by atoms with Crippen LogP contribution in [0.1, 0.15) is 18.7 Å². The molecule has 9 nitrogen and oxygen atoms in total. The van der Waals surface area contributed by atoms with Crippen LogP contribution < -0.4 is 10.1 Å². The van der Waals surface area contributed by atoms with Crippen molar-refractivity contribution in [2.75, 3.05) is 18.2 Å². The summed E-state index contributed by atoms with van der Waals surface area (Å²) in [5, 5.41) is 13.6. The number of halogens is 1. The number of sulfone groups is 1. The minimum absolute atomic E-state index is 0.135. The van der Waals surface area contributed by atoms with Crippen molar-refractivity contribution in [1.29, 1.82) is 0 Å². The molecule has 2 aromatic carbocycles. The number of rotatable bonds is 8. The lowest BCUT2D eigenvalue weighted by molar-refractivity contribution is -0.116. The van der Waals surface area contributed by atoms with Gasteiger partial charge in [-0.1, -0.05) is 0 Å². The summed E-state index contributed by atoms with van der Waals surface area (Å²) in [6, 6.07) is 10.2. The maximum absolute atomic E-state index is 14.1. The van der Waals surface area contributed by atoms with Crippen LogP contribution in [0.5, 0.6) is 5.75 Å². The fraction of sp³-hybridized carbons (Fsp3) is 0.263. The average Bonchev–Trinajstić information content (AvgIpc) is 3.12. The Hall–Kier alpha value is -3.34. The molecule has 0 spiro atoms. The number of hydrogen-bond donors (Lipinski definition) is 1. The number of nitrogens with zero attached hydrogens (tertiary/aromatic N) is 4. The van der Waals surface area contributed by atoms with Crippen molar-refractivity contribution in [3.8, 4) is 11.4 Å². The van der Waals surface area contributed by atoms with Crippen molar-refractivity contribution >= 4 is 21.4 Å². The van der Waals surface area contributed by atoms with E-state index in [1.165, 1.54) is 35.0 Å². The Morgan fingerprint density at radius 1 is 1.20 bits per heavy atom. The van der Waals surface area contributed by atoms with Crippen molar-refractivity contribution in [3.05, 3.63) is 54.1 Å². The van der Waals surface area contributed by atoms with Gasteiger partial charge in [0, 0.05) is 18.4 Å². The molecule has 11 heteroatoms. The molecule has 0 saturated heterocycles. The number of nitrogens with one attached hydrogen (secondary N) is 1. The molecule has 0 bridgehead atoms. The van der Waals surface area contributed by atoms with Gasteiger partial charge in [0.25, 0.3) is 0 Å². The Labute approximate surface area is 172 Å². The van der Waals surface area contributed by atoms with Gasteiger partial charge in [0.05, 0.1) is 11.5 Å². The molecule has 1 aromatic heterocycles. The predicted octanol–water partition coefficient (Wildman–Crippen LogP) is 2.31. The van der Waals surface area contributed by atoms with Gasteiger partial charge in [0.1, 0.15) is 17.3 Å². The monoisotopic (exact) mass is 433 g/mol. The van der Waals surface area contributed by atoms with Gasteiger partial charge in [-0.05, 0) is 66.2 Å². The molecule has 3 rings (SSSR count). The summed E-state index contributed by atoms with van der Waals surface area (Å²) < 4.78 is 43.7. The highest BCUT2D eigenvalue weighted by Gasteiger charge is 2.12. The average molecular weight is 433 g/mol. The largest absolute Gasteiger partial charge is 0.494 e. The van der Waals surface area contributed by atoms with Crippen LogP contribution in [0.25, 0.3) is 5.69 Å². The molecule has 0 radical (unpaired) electrons. The van der Waals surface area contributed by atoms with Gasteiger partial charge >= 0.3 is 0 Å². The number of hydrogen-bond acceptors (Lipinski definition) is 7. The van der Waals surface area contributed by atoms with Crippen LogP contribution in [0.3, 0.4) is 0 Å². The molecule has 0 aliphatic rings. The maximum Gasteiger partial charge on any atom is 0.224 e. The van der Waals surface area contributed by atoms with Gasteiger partial charge in [-0.25, -0.2) is 12.8 Å². The van der Waals surface area contributed by atoms with E-state index in [1.54, 1.807) is 19.1 Å². The molecule has 30 heavy (non-hydrogen) atoms. The smallest absolute Gasteiger partial charge is 0.224 e. The quantitative estimate of drug-likeness (QED) is 0.542. The summed E-state index contributed by atoms with van der Waals surface area (Å²) in [7, 11) is -3.25. The molecule has 1 heterocycles. The van der Waals surface area contributed by atoms with Crippen LogP contribution in [-0.2, 0) is 14.6 Å². The minimum atomic E-state index is -3.25. The first-order chi connectivity index (χ1) is 14.2. The van der Waals surface area contributed by atoms with E-state index in [9.17, 15) is 17.6 Å². The van der Waals surface area contributed by atoms with E-state index in [2.05, 4.69) is 20.8 Å². The standard InChI is InChI=1S/C19H20FN5O4S/c1-13-22-23-24-25(13)18-12-14(5-10-17(18)20)21-19(26)4-3-11-29-15-6-8-16(9-7-15)30(2,27)28/h5-10,12H,3-4,11H2,1-2H3,(H,21,26). The fourth-order valence-corrected chi connectivity index (χ4v) is 3.27. The van der Waals surface area contributed by atoms with Gasteiger partial charge in [-0.15, -0.1) is 5.10 Å². The van der Waals surface area contributed by atoms with Gasteiger partial charge in [-0.2, -0.15) is 4.68 Å². The lowest BCUT2D eigenvalue weighted by atomic mass is 10.2. The molecule has 158 valence electrons. The van der Waals surface area contributed by atoms with E-state index in [-0.39, 0.29) is 29.5 Å². The Morgan fingerprint density at radius 3 is 2.57 bits per heavy atom. The van der Waals surface area contributed by atoms with Crippen LogP contribution in [-0.4, -0.2) is 47.4 Å². The van der Waals surface area contributed by atoms with Crippen molar-refractivity contribution in [1.82, 2.24) is 20.2 Å². The number of aryl methyl sites for hydroxylation is 1. The number of carbonyl (C=O) groups is 1. The number of anilines is 1. The van der Waals surface area contributed by atoms with Crippen LogP contribution in [0, 0.1) is 12.7 Å². The molecule has 0 unspecified atom stereocenters. The second kappa shape index (κ2) is 8.99. The van der Waals surface area contributed by atoms with Crippen LogP contribution in [0.15, 0.2) is 47.4 Å².